The van der Waals surface area contributed by atoms with Crippen LogP contribution in [0.15, 0.2) is 116 Å². The van der Waals surface area contributed by atoms with E-state index < -0.39 is 35.6 Å². The minimum Gasteiger partial charge on any atom is -0.369 e. The van der Waals surface area contributed by atoms with Crippen LogP contribution in [0.4, 0.5) is 0 Å². The van der Waals surface area contributed by atoms with Gasteiger partial charge in [-0.05, 0) is 64.8 Å². The first-order valence-corrected chi connectivity index (χ1v) is 20.4. The highest BCUT2D eigenvalue weighted by Gasteiger charge is 2.34. The molecule has 9 nitrogen and oxygen atoms in total. The van der Waals surface area contributed by atoms with E-state index in [4.69, 9.17) is 5.73 Å². The summed E-state index contributed by atoms with van der Waals surface area (Å²) < 4.78 is 0. The molecule has 4 atom stereocenters. The number of H-pyrrole nitrogens is 2. The quantitative estimate of drug-likeness (QED) is 0.0598. The van der Waals surface area contributed by atoms with E-state index in [1.807, 2.05) is 110 Å². The molecule has 1 saturated carbocycles. The molecule has 1 aliphatic rings. The molecule has 0 spiro atoms. The van der Waals surface area contributed by atoms with Crippen molar-refractivity contribution in [3.63, 3.8) is 0 Å². The standard InChI is InChI=1S/C48H53N5O4/c1-3-33(23-31-13-5-4-6-14-31)47(56)53-44(27-37-29-51-42-20-12-10-18-39(37)42)48(57)52-43(26-36-28-50-41-19-11-9-17-38(36)41)45(54)30(2)40(46(49)55)25-32-21-22-34-15-7-8-16-35(34)24-32/h7-12,15-22,24,28-29,31,33,40,43-44,50-51H,2-6,13-14,23,25-27H2,1H3,(H2,49,55)(H,52,57)(H,53,56)/t33-,40+,43-,44+/m0/s1. The van der Waals surface area contributed by atoms with Crippen LogP contribution in [0.25, 0.3) is 32.6 Å². The third-order valence-corrected chi connectivity index (χ3v) is 12.0. The Balaban J connectivity index is 1.18. The summed E-state index contributed by atoms with van der Waals surface area (Å²) in [6.07, 6.45) is 11.5. The zero-order chi connectivity index (χ0) is 39.9. The van der Waals surface area contributed by atoms with Gasteiger partial charge in [-0.2, -0.15) is 0 Å². The maximum absolute atomic E-state index is 14.7. The maximum atomic E-state index is 14.7. The summed E-state index contributed by atoms with van der Waals surface area (Å²) in [6.45, 7) is 6.17. The number of primary amides is 1. The van der Waals surface area contributed by atoms with Crippen LogP contribution in [-0.4, -0.2) is 45.6 Å². The average Bonchev–Trinajstić information content (AvgIpc) is 3.84. The molecule has 0 unspecified atom stereocenters. The Morgan fingerprint density at radius 1 is 0.719 bits per heavy atom. The summed E-state index contributed by atoms with van der Waals surface area (Å²) in [7, 11) is 0. The molecule has 57 heavy (non-hydrogen) atoms. The van der Waals surface area contributed by atoms with Crippen molar-refractivity contribution < 1.29 is 19.2 Å². The van der Waals surface area contributed by atoms with E-state index >= 15 is 0 Å². The van der Waals surface area contributed by atoms with Gasteiger partial charge in [-0.3, -0.25) is 19.2 Å². The van der Waals surface area contributed by atoms with Crippen molar-refractivity contribution in [2.45, 2.75) is 83.2 Å². The SMILES string of the molecule is C=C(C(=O)[C@H](Cc1c[nH]c2ccccc12)NC(=O)[C@@H](Cc1c[nH]c2ccccc12)NC(=O)[C@@H](CC)CC1CCCCC1)[C@@H](Cc1ccc2ccccc2c1)C(N)=O. The zero-order valence-corrected chi connectivity index (χ0v) is 32.7. The number of Topliss-reactive ketones (excluding diaryl/α,β-unsaturated/α-hetero) is 1. The molecule has 3 amide bonds. The molecule has 0 bridgehead atoms. The Labute approximate surface area is 333 Å². The van der Waals surface area contributed by atoms with Gasteiger partial charge in [-0.15, -0.1) is 0 Å². The van der Waals surface area contributed by atoms with Crippen LogP contribution in [0.1, 0.15) is 68.6 Å². The van der Waals surface area contributed by atoms with Crippen molar-refractivity contribution in [2.75, 3.05) is 0 Å². The molecule has 6 aromatic rings. The van der Waals surface area contributed by atoms with Gasteiger partial charge < -0.3 is 26.3 Å². The summed E-state index contributed by atoms with van der Waals surface area (Å²) in [5, 5.41) is 10.1. The summed E-state index contributed by atoms with van der Waals surface area (Å²) in [5.41, 5.74) is 10.4. The summed E-state index contributed by atoms with van der Waals surface area (Å²) >= 11 is 0. The van der Waals surface area contributed by atoms with E-state index in [-0.39, 0.29) is 36.7 Å². The van der Waals surface area contributed by atoms with Crippen molar-refractivity contribution in [2.24, 2.45) is 23.5 Å². The van der Waals surface area contributed by atoms with E-state index in [0.29, 0.717) is 12.3 Å². The lowest BCUT2D eigenvalue weighted by molar-refractivity contribution is -0.133. The van der Waals surface area contributed by atoms with Crippen LogP contribution in [-0.2, 0) is 38.4 Å². The monoisotopic (exact) mass is 763 g/mol. The third-order valence-electron chi connectivity index (χ3n) is 12.0. The number of aromatic nitrogens is 2. The molecule has 6 N–H and O–H groups in total. The van der Waals surface area contributed by atoms with Crippen molar-refractivity contribution in [1.82, 2.24) is 20.6 Å². The first-order chi connectivity index (χ1) is 27.7. The third kappa shape index (κ3) is 9.20. The van der Waals surface area contributed by atoms with Gasteiger partial charge in [0.05, 0.1) is 12.0 Å². The summed E-state index contributed by atoms with van der Waals surface area (Å²) in [5.74, 6) is -2.55. The number of carbonyl (C=O) groups is 4. The average molecular weight is 764 g/mol. The number of fused-ring (bicyclic) bond motifs is 3. The minimum absolute atomic E-state index is 0.0246. The molecule has 2 heterocycles. The molecule has 0 aliphatic heterocycles. The van der Waals surface area contributed by atoms with Gasteiger partial charge in [0.2, 0.25) is 17.7 Å². The van der Waals surface area contributed by atoms with Crippen LogP contribution in [0.5, 0.6) is 0 Å². The van der Waals surface area contributed by atoms with Crippen molar-refractivity contribution in [3.8, 4) is 0 Å². The molecule has 7 rings (SSSR count). The lowest BCUT2D eigenvalue weighted by atomic mass is 9.81. The number of ketones is 1. The zero-order valence-electron chi connectivity index (χ0n) is 32.7. The Bertz CT molecular complexity index is 2400. The fourth-order valence-corrected chi connectivity index (χ4v) is 8.70. The lowest BCUT2D eigenvalue weighted by Gasteiger charge is -2.28. The van der Waals surface area contributed by atoms with E-state index in [0.717, 1.165) is 68.5 Å². The molecular weight excluding hydrogens is 711 g/mol. The Morgan fingerprint density at radius 3 is 1.93 bits per heavy atom. The maximum Gasteiger partial charge on any atom is 0.243 e. The van der Waals surface area contributed by atoms with Gasteiger partial charge in [-0.1, -0.05) is 124 Å². The first kappa shape index (κ1) is 39.3. The highest BCUT2D eigenvalue weighted by Crippen LogP contribution is 2.31. The smallest absolute Gasteiger partial charge is 0.243 e. The van der Waals surface area contributed by atoms with Crippen molar-refractivity contribution >= 4 is 56.1 Å². The number of hydrogen-bond donors (Lipinski definition) is 5. The summed E-state index contributed by atoms with van der Waals surface area (Å²) in [6, 6.07) is 27.3. The minimum atomic E-state index is -1.10. The van der Waals surface area contributed by atoms with Crippen molar-refractivity contribution in [1.29, 1.82) is 0 Å². The highest BCUT2D eigenvalue weighted by atomic mass is 16.2. The second-order valence-corrected chi connectivity index (χ2v) is 15.8. The second kappa shape index (κ2) is 17.9. The van der Waals surface area contributed by atoms with Crippen LogP contribution in [0.2, 0.25) is 0 Å². The summed E-state index contributed by atoms with van der Waals surface area (Å²) in [4.78, 5) is 63.0. The fourth-order valence-electron chi connectivity index (χ4n) is 8.70. The molecule has 294 valence electrons. The van der Waals surface area contributed by atoms with Crippen molar-refractivity contribution in [3.05, 3.63) is 132 Å². The molecule has 4 aromatic carbocycles. The number of nitrogens with one attached hydrogen (secondary N) is 4. The number of benzene rings is 4. The van der Waals surface area contributed by atoms with Gasteiger partial charge in [0.15, 0.2) is 5.78 Å². The van der Waals surface area contributed by atoms with E-state index in [2.05, 4.69) is 27.2 Å². The van der Waals surface area contributed by atoms with Gasteiger partial charge in [0.1, 0.15) is 6.04 Å². The number of rotatable bonds is 17. The predicted octanol–water partition coefficient (Wildman–Crippen LogP) is 8.02. The van der Waals surface area contributed by atoms with Gasteiger partial charge in [-0.25, -0.2) is 0 Å². The van der Waals surface area contributed by atoms with Crippen LogP contribution in [0, 0.1) is 17.8 Å². The van der Waals surface area contributed by atoms with Gasteiger partial charge in [0.25, 0.3) is 0 Å². The number of aromatic amines is 2. The van der Waals surface area contributed by atoms with Crippen LogP contribution in [0.3, 0.4) is 0 Å². The molecule has 0 radical (unpaired) electrons. The van der Waals surface area contributed by atoms with E-state index in [1.165, 1.54) is 19.3 Å². The van der Waals surface area contributed by atoms with Gasteiger partial charge in [0, 0.05) is 58.5 Å². The number of amides is 3. The van der Waals surface area contributed by atoms with E-state index in [9.17, 15) is 19.2 Å². The topological polar surface area (TPSA) is 150 Å². The second-order valence-electron chi connectivity index (χ2n) is 15.8. The number of para-hydroxylation sites is 2. The van der Waals surface area contributed by atoms with Crippen LogP contribution < -0.4 is 16.4 Å². The number of hydrogen-bond acceptors (Lipinski definition) is 4. The van der Waals surface area contributed by atoms with Gasteiger partial charge >= 0.3 is 0 Å². The predicted molar refractivity (Wildman–Crippen MR) is 227 cm³/mol. The molecule has 9 heteroatoms. The molecule has 1 aliphatic carbocycles. The van der Waals surface area contributed by atoms with Crippen LogP contribution >= 0.6 is 0 Å². The highest BCUT2D eigenvalue weighted by molar-refractivity contribution is 6.06. The molecule has 2 aromatic heterocycles. The van der Waals surface area contributed by atoms with E-state index in [1.54, 1.807) is 0 Å². The largest absolute Gasteiger partial charge is 0.369 e. The fraction of sp³-hybridized carbons (Fsp3) is 0.333. The Morgan fingerprint density at radius 2 is 1.30 bits per heavy atom. The number of carbonyl (C=O) groups excluding carboxylic acids is 4. The Kier molecular flexibility index (Phi) is 12.3. The molecule has 0 saturated heterocycles. The lowest BCUT2D eigenvalue weighted by Crippen LogP contribution is -2.54. The first-order valence-electron chi connectivity index (χ1n) is 20.4. The molecule has 1 fully saturated rings. The molecular formula is C48H53N5O4. The normalized spacial score (nSPS) is 15.5. The number of nitrogens with two attached hydrogens (primary N) is 1. The Hall–Kier alpha value is -5.96.